The Labute approximate surface area is 138 Å². The maximum Gasteiger partial charge on any atom is 0.269 e. The van der Waals surface area contributed by atoms with Crippen LogP contribution in [0.25, 0.3) is 0 Å². The molecule has 1 fully saturated rings. The predicted octanol–water partition coefficient (Wildman–Crippen LogP) is -0.356. The van der Waals surface area contributed by atoms with E-state index < -0.39 is 29.6 Å². The van der Waals surface area contributed by atoms with Crippen molar-refractivity contribution in [2.24, 2.45) is 23.7 Å². The van der Waals surface area contributed by atoms with Gasteiger partial charge < -0.3 is 14.6 Å². The van der Waals surface area contributed by atoms with E-state index in [1.165, 1.54) is 7.11 Å². The van der Waals surface area contributed by atoms with E-state index in [0.29, 0.717) is 17.7 Å². The van der Waals surface area contributed by atoms with Crippen molar-refractivity contribution >= 4 is 17.8 Å². The first kappa shape index (κ1) is 16.0. The van der Waals surface area contributed by atoms with Crippen molar-refractivity contribution < 1.29 is 24.2 Å². The largest absolute Gasteiger partial charge is 0.550 e. The van der Waals surface area contributed by atoms with Gasteiger partial charge in [0.2, 0.25) is 5.91 Å². The summed E-state index contributed by atoms with van der Waals surface area (Å²) in [7, 11) is 1.52. The summed E-state index contributed by atoms with van der Waals surface area (Å²) in [6.45, 7) is 0. The first-order chi connectivity index (χ1) is 11.5. The number of hydrazine groups is 1. The van der Waals surface area contributed by atoms with Gasteiger partial charge in [-0.2, -0.15) is 0 Å². The summed E-state index contributed by atoms with van der Waals surface area (Å²) in [6, 6.07) is 6.38. The Hall–Kier alpha value is -2.83. The van der Waals surface area contributed by atoms with E-state index >= 15 is 0 Å². The first-order valence-corrected chi connectivity index (χ1v) is 7.64. The number of rotatable bonds is 4. The molecule has 2 aliphatic carbocycles. The number of nitrogens with one attached hydrogen (secondary N) is 2. The number of carboxylic acid groups (broad SMARTS) is 1. The second-order valence-corrected chi connectivity index (χ2v) is 5.99. The molecule has 126 valence electrons. The monoisotopic (exact) mass is 329 g/mol. The highest BCUT2D eigenvalue weighted by molar-refractivity contribution is 5.96. The maximum absolute atomic E-state index is 12.3. The fourth-order valence-electron chi connectivity index (χ4n) is 3.52. The van der Waals surface area contributed by atoms with Gasteiger partial charge in [0.15, 0.2) is 0 Å². The van der Waals surface area contributed by atoms with Crippen LogP contribution < -0.4 is 20.7 Å². The van der Waals surface area contributed by atoms with Gasteiger partial charge in [-0.1, -0.05) is 12.2 Å². The summed E-state index contributed by atoms with van der Waals surface area (Å²) >= 11 is 0. The topological polar surface area (TPSA) is 108 Å². The van der Waals surface area contributed by atoms with Crippen LogP contribution in [0, 0.1) is 23.7 Å². The predicted molar refractivity (Wildman–Crippen MR) is 81.3 cm³/mol. The summed E-state index contributed by atoms with van der Waals surface area (Å²) in [5, 5.41) is 11.3. The number of carbonyl (C=O) groups is 3. The van der Waals surface area contributed by atoms with Crippen LogP contribution in [0.2, 0.25) is 0 Å². The van der Waals surface area contributed by atoms with Gasteiger partial charge in [-0.15, -0.1) is 0 Å². The van der Waals surface area contributed by atoms with E-state index in [2.05, 4.69) is 10.9 Å². The number of methoxy groups -OCH3 is 1. The average molecular weight is 329 g/mol. The molecule has 7 heteroatoms. The molecule has 4 atom stereocenters. The summed E-state index contributed by atoms with van der Waals surface area (Å²) in [5.41, 5.74) is 4.99. The lowest BCUT2D eigenvalue weighted by Gasteiger charge is -2.27. The molecule has 7 nitrogen and oxygen atoms in total. The van der Waals surface area contributed by atoms with Gasteiger partial charge in [0.25, 0.3) is 5.91 Å². The zero-order chi connectivity index (χ0) is 17.3. The quantitative estimate of drug-likeness (QED) is 0.580. The van der Waals surface area contributed by atoms with Crippen molar-refractivity contribution in [2.75, 3.05) is 7.11 Å². The Balaban J connectivity index is 1.61. The van der Waals surface area contributed by atoms with Crippen LogP contribution in [0.5, 0.6) is 5.75 Å². The summed E-state index contributed by atoms with van der Waals surface area (Å²) < 4.78 is 5.01. The Morgan fingerprint density at radius 2 is 1.67 bits per heavy atom. The van der Waals surface area contributed by atoms with Crippen molar-refractivity contribution in [1.29, 1.82) is 0 Å². The second kappa shape index (κ2) is 6.35. The van der Waals surface area contributed by atoms with E-state index in [9.17, 15) is 19.5 Å². The molecule has 0 saturated heterocycles. The number of allylic oxidation sites excluding steroid dienone is 2. The van der Waals surface area contributed by atoms with Gasteiger partial charge in [-0.25, -0.2) is 0 Å². The zero-order valence-corrected chi connectivity index (χ0v) is 13.0. The number of carbonyl (C=O) groups excluding carboxylic acids is 3. The lowest BCUT2D eigenvalue weighted by Crippen LogP contribution is -2.50. The van der Waals surface area contributed by atoms with Gasteiger partial charge in [0, 0.05) is 17.5 Å². The van der Waals surface area contributed by atoms with Crippen molar-refractivity contribution in [2.45, 2.75) is 6.42 Å². The van der Waals surface area contributed by atoms with Crippen LogP contribution >= 0.6 is 0 Å². The number of fused-ring (bicyclic) bond motifs is 2. The lowest BCUT2D eigenvalue weighted by molar-refractivity contribution is -0.313. The Morgan fingerprint density at radius 1 is 1.04 bits per heavy atom. The summed E-state index contributed by atoms with van der Waals surface area (Å²) in [6.07, 6.45) is 4.31. The normalized spacial score (nSPS) is 26.9. The van der Waals surface area contributed by atoms with E-state index in [4.69, 9.17) is 4.74 Å². The lowest BCUT2D eigenvalue weighted by atomic mass is 9.82. The van der Waals surface area contributed by atoms with E-state index in [1.54, 1.807) is 24.3 Å². The molecule has 2 N–H and O–H groups in total. The van der Waals surface area contributed by atoms with E-state index in [-0.39, 0.29) is 11.8 Å². The van der Waals surface area contributed by atoms with Crippen molar-refractivity contribution in [3.05, 3.63) is 42.0 Å². The number of ether oxygens (including phenoxy) is 1. The van der Waals surface area contributed by atoms with Gasteiger partial charge in [-0.05, 0) is 42.5 Å². The summed E-state index contributed by atoms with van der Waals surface area (Å²) in [4.78, 5) is 35.6. The van der Waals surface area contributed by atoms with Crippen LogP contribution in [0.1, 0.15) is 16.8 Å². The van der Waals surface area contributed by atoms with Gasteiger partial charge in [0.05, 0.1) is 13.0 Å². The number of hydrogen-bond acceptors (Lipinski definition) is 5. The smallest absolute Gasteiger partial charge is 0.269 e. The molecule has 3 rings (SSSR count). The Morgan fingerprint density at radius 3 is 2.25 bits per heavy atom. The minimum Gasteiger partial charge on any atom is -0.550 e. The third-order valence-electron chi connectivity index (χ3n) is 4.69. The molecule has 1 aromatic carbocycles. The molecular formula is C17H17N2O5-. The molecule has 2 aliphatic rings. The molecule has 0 aliphatic heterocycles. The van der Waals surface area contributed by atoms with Crippen LogP contribution in [0.4, 0.5) is 0 Å². The van der Waals surface area contributed by atoms with Crippen molar-refractivity contribution in [3.8, 4) is 5.75 Å². The molecule has 0 radical (unpaired) electrons. The molecule has 0 spiro atoms. The molecule has 2 amide bonds. The average Bonchev–Trinajstić information content (AvgIpc) is 3.20. The van der Waals surface area contributed by atoms with Crippen LogP contribution in [-0.4, -0.2) is 24.9 Å². The molecule has 1 saturated carbocycles. The van der Waals surface area contributed by atoms with Gasteiger partial charge in [0.1, 0.15) is 5.75 Å². The standard InChI is InChI=1S/C17H18N2O5/c1-24-12-6-4-9(5-7-12)15(20)18-19-16(21)13-10-2-3-11(8-10)14(13)17(22)23/h2-7,10-11,13-14H,8H2,1H3,(H,18,20)(H,19,21)(H,22,23)/p-1/t10-,11-,13-,14-/m0/s1. The Kier molecular flexibility index (Phi) is 4.24. The summed E-state index contributed by atoms with van der Waals surface area (Å²) in [5.74, 6) is -3.49. The highest BCUT2D eigenvalue weighted by atomic mass is 16.5. The maximum atomic E-state index is 12.3. The second-order valence-electron chi connectivity index (χ2n) is 5.99. The molecule has 1 aromatic rings. The molecule has 0 heterocycles. The van der Waals surface area contributed by atoms with E-state index in [1.807, 2.05) is 12.2 Å². The van der Waals surface area contributed by atoms with Crippen LogP contribution in [-0.2, 0) is 9.59 Å². The van der Waals surface area contributed by atoms with Gasteiger partial charge in [-0.3, -0.25) is 20.4 Å². The molecule has 0 unspecified atom stereocenters. The van der Waals surface area contributed by atoms with Crippen molar-refractivity contribution in [1.82, 2.24) is 10.9 Å². The number of aliphatic carboxylic acids is 1. The van der Waals surface area contributed by atoms with Crippen LogP contribution in [0.15, 0.2) is 36.4 Å². The third kappa shape index (κ3) is 2.84. The zero-order valence-electron chi connectivity index (χ0n) is 13.0. The third-order valence-corrected chi connectivity index (χ3v) is 4.69. The number of hydrogen-bond donors (Lipinski definition) is 2. The number of amides is 2. The number of carboxylic acids is 1. The highest BCUT2D eigenvalue weighted by Gasteiger charge is 2.48. The molecule has 24 heavy (non-hydrogen) atoms. The molecule has 2 bridgehead atoms. The minimum atomic E-state index is -1.23. The van der Waals surface area contributed by atoms with Gasteiger partial charge >= 0.3 is 0 Å². The SMILES string of the molecule is COc1ccc(C(=O)NNC(=O)[C@@H]2[C@@H](C(=O)[O-])[C@H]3C=C[C@H]2C3)cc1. The Bertz CT molecular complexity index is 697. The first-order valence-electron chi connectivity index (χ1n) is 7.64. The highest BCUT2D eigenvalue weighted by Crippen LogP contribution is 2.47. The number of benzene rings is 1. The van der Waals surface area contributed by atoms with E-state index in [0.717, 1.165) is 0 Å². The minimum absolute atomic E-state index is 0.129. The van der Waals surface area contributed by atoms with Crippen molar-refractivity contribution in [3.63, 3.8) is 0 Å². The fourth-order valence-corrected chi connectivity index (χ4v) is 3.52. The fraction of sp³-hybridized carbons (Fsp3) is 0.353. The molecular weight excluding hydrogens is 312 g/mol. The molecule has 0 aromatic heterocycles. The van der Waals surface area contributed by atoms with Crippen LogP contribution in [0.3, 0.4) is 0 Å².